The van der Waals surface area contributed by atoms with Gasteiger partial charge in [0.25, 0.3) is 0 Å². The average molecular weight is 209 g/mol. The maximum atomic E-state index is 9.36. The van der Waals surface area contributed by atoms with Gasteiger partial charge in [-0.3, -0.25) is 4.98 Å². The van der Waals surface area contributed by atoms with Crippen LogP contribution < -0.4 is 4.74 Å². The lowest BCUT2D eigenvalue weighted by Crippen LogP contribution is -2.16. The van der Waals surface area contributed by atoms with Crippen LogP contribution in [0.15, 0.2) is 18.3 Å². The van der Waals surface area contributed by atoms with Gasteiger partial charge in [-0.2, -0.15) is 0 Å². The zero-order chi connectivity index (χ0) is 11.3. The van der Waals surface area contributed by atoms with Gasteiger partial charge in [-0.1, -0.05) is 20.8 Å². The van der Waals surface area contributed by atoms with Crippen LogP contribution >= 0.6 is 0 Å². The number of hydrogen-bond donors (Lipinski definition) is 1. The predicted octanol–water partition coefficient (Wildman–Crippen LogP) is 2.35. The fourth-order valence-electron chi connectivity index (χ4n) is 1.14. The Morgan fingerprint density at radius 1 is 1.47 bits per heavy atom. The fourth-order valence-corrected chi connectivity index (χ4v) is 1.14. The van der Waals surface area contributed by atoms with Crippen molar-refractivity contribution in [3.05, 3.63) is 24.0 Å². The summed E-state index contributed by atoms with van der Waals surface area (Å²) in [4.78, 5) is 4.24. The van der Waals surface area contributed by atoms with Gasteiger partial charge in [0.15, 0.2) is 0 Å². The number of hydrogen-bond acceptors (Lipinski definition) is 3. The molecule has 0 aromatic carbocycles. The van der Waals surface area contributed by atoms with Crippen LogP contribution in [0, 0.1) is 0 Å². The van der Waals surface area contributed by atoms with Crippen molar-refractivity contribution in [3.8, 4) is 5.75 Å². The van der Waals surface area contributed by atoms with Crippen molar-refractivity contribution in [1.82, 2.24) is 4.98 Å². The van der Waals surface area contributed by atoms with E-state index < -0.39 is 0 Å². The molecule has 0 fully saturated rings. The molecule has 15 heavy (non-hydrogen) atoms. The molecule has 0 amide bonds. The first-order valence-electron chi connectivity index (χ1n) is 5.40. The van der Waals surface area contributed by atoms with Gasteiger partial charge in [-0.15, -0.1) is 0 Å². The first kappa shape index (κ1) is 12.0. The molecular formula is C12H19NO2. The summed E-state index contributed by atoms with van der Waals surface area (Å²) < 4.78 is 5.46. The summed E-state index contributed by atoms with van der Waals surface area (Å²) in [5.74, 6) is 1.17. The molecule has 1 aromatic rings. The Bertz CT molecular complexity index is 299. The van der Waals surface area contributed by atoms with E-state index in [0.717, 1.165) is 11.4 Å². The number of nitrogens with zero attached hydrogens (tertiary/aromatic N) is 1. The number of aromatic nitrogens is 1. The second kappa shape index (κ2) is 5.71. The predicted molar refractivity (Wildman–Crippen MR) is 60.1 cm³/mol. The van der Waals surface area contributed by atoms with Crippen molar-refractivity contribution in [2.45, 2.75) is 39.2 Å². The number of ether oxygens (including phenoxy) is 1. The Labute approximate surface area is 91.1 Å². The highest BCUT2D eigenvalue weighted by Crippen LogP contribution is 2.17. The van der Waals surface area contributed by atoms with E-state index in [0.29, 0.717) is 18.9 Å². The normalized spacial score (nSPS) is 12.9. The molecule has 1 heterocycles. The summed E-state index contributed by atoms with van der Waals surface area (Å²) in [6, 6.07) is 3.74. The van der Waals surface area contributed by atoms with Crippen molar-refractivity contribution >= 4 is 0 Å². The van der Waals surface area contributed by atoms with Gasteiger partial charge in [0, 0.05) is 18.0 Å². The molecule has 0 radical (unpaired) electrons. The molecule has 1 unspecified atom stereocenters. The number of rotatable bonds is 5. The molecule has 0 aliphatic rings. The van der Waals surface area contributed by atoms with Crippen LogP contribution in [0.25, 0.3) is 0 Å². The van der Waals surface area contributed by atoms with E-state index >= 15 is 0 Å². The molecule has 1 N–H and O–H groups in total. The van der Waals surface area contributed by atoms with Crippen LogP contribution in [-0.4, -0.2) is 22.8 Å². The third kappa shape index (κ3) is 3.88. The molecule has 0 spiro atoms. The lowest BCUT2D eigenvalue weighted by Gasteiger charge is -2.11. The molecule has 0 saturated carbocycles. The zero-order valence-electron chi connectivity index (χ0n) is 9.60. The summed E-state index contributed by atoms with van der Waals surface area (Å²) in [6.45, 7) is 6.46. The Kier molecular flexibility index (Phi) is 4.56. The molecule has 0 aliphatic carbocycles. The summed E-state index contributed by atoms with van der Waals surface area (Å²) >= 11 is 0. The van der Waals surface area contributed by atoms with Gasteiger partial charge >= 0.3 is 0 Å². The minimum Gasteiger partial charge on any atom is -0.491 e. The van der Waals surface area contributed by atoms with Crippen molar-refractivity contribution in [2.75, 3.05) is 6.61 Å². The van der Waals surface area contributed by atoms with Gasteiger partial charge in [0.05, 0.1) is 6.10 Å². The second-order valence-corrected chi connectivity index (χ2v) is 3.94. The van der Waals surface area contributed by atoms with Crippen LogP contribution in [0.1, 0.15) is 38.8 Å². The molecule has 1 atom stereocenters. The molecule has 0 bridgehead atoms. The van der Waals surface area contributed by atoms with Gasteiger partial charge in [-0.05, 0) is 18.4 Å². The van der Waals surface area contributed by atoms with E-state index in [1.807, 2.05) is 19.1 Å². The molecule has 1 aromatic heterocycles. The van der Waals surface area contributed by atoms with Crippen LogP contribution in [0.4, 0.5) is 0 Å². The van der Waals surface area contributed by atoms with Crippen LogP contribution in [0.3, 0.4) is 0 Å². The Morgan fingerprint density at radius 3 is 2.80 bits per heavy atom. The van der Waals surface area contributed by atoms with Crippen LogP contribution in [0.2, 0.25) is 0 Å². The third-order valence-corrected chi connectivity index (χ3v) is 2.26. The Balaban J connectivity index is 2.58. The topological polar surface area (TPSA) is 42.4 Å². The van der Waals surface area contributed by atoms with Gasteiger partial charge in [0.1, 0.15) is 12.4 Å². The first-order valence-corrected chi connectivity index (χ1v) is 5.40. The summed E-state index contributed by atoms with van der Waals surface area (Å²) in [5.41, 5.74) is 1.01. The lowest BCUT2D eigenvalue weighted by atomic mass is 10.1. The molecule has 3 heteroatoms. The number of aliphatic hydroxyl groups is 1. The third-order valence-electron chi connectivity index (χ3n) is 2.26. The van der Waals surface area contributed by atoms with Gasteiger partial charge < -0.3 is 9.84 Å². The molecule has 0 saturated heterocycles. The minimum atomic E-state index is -0.388. The monoisotopic (exact) mass is 209 g/mol. The average Bonchev–Trinajstić information content (AvgIpc) is 2.26. The standard InChI is InChI=1S/C12H19NO2/c1-4-10(14)8-15-11-5-6-13-12(7-11)9(2)3/h5-7,9-10,14H,4,8H2,1-3H3. The SMILES string of the molecule is CCC(O)COc1ccnc(C(C)C)c1. The van der Waals surface area contributed by atoms with Crippen molar-refractivity contribution in [3.63, 3.8) is 0 Å². The quantitative estimate of drug-likeness (QED) is 0.809. The number of aliphatic hydroxyl groups excluding tert-OH is 1. The maximum Gasteiger partial charge on any atom is 0.122 e. The van der Waals surface area contributed by atoms with E-state index in [1.165, 1.54) is 0 Å². The lowest BCUT2D eigenvalue weighted by molar-refractivity contribution is 0.104. The largest absolute Gasteiger partial charge is 0.491 e. The fraction of sp³-hybridized carbons (Fsp3) is 0.583. The highest BCUT2D eigenvalue weighted by molar-refractivity contribution is 5.24. The molecule has 3 nitrogen and oxygen atoms in total. The Hall–Kier alpha value is -1.09. The van der Waals surface area contributed by atoms with Crippen molar-refractivity contribution < 1.29 is 9.84 Å². The second-order valence-electron chi connectivity index (χ2n) is 3.94. The summed E-state index contributed by atoms with van der Waals surface area (Å²) in [7, 11) is 0. The van der Waals surface area contributed by atoms with Gasteiger partial charge in [0.2, 0.25) is 0 Å². The van der Waals surface area contributed by atoms with Crippen molar-refractivity contribution in [1.29, 1.82) is 0 Å². The van der Waals surface area contributed by atoms with E-state index in [4.69, 9.17) is 4.74 Å². The van der Waals surface area contributed by atoms with E-state index in [9.17, 15) is 5.11 Å². The van der Waals surface area contributed by atoms with E-state index in [-0.39, 0.29) is 6.10 Å². The van der Waals surface area contributed by atoms with E-state index in [2.05, 4.69) is 18.8 Å². The Morgan fingerprint density at radius 2 is 2.20 bits per heavy atom. The first-order chi connectivity index (χ1) is 7.13. The highest BCUT2D eigenvalue weighted by atomic mass is 16.5. The molecular weight excluding hydrogens is 190 g/mol. The molecule has 1 rings (SSSR count). The van der Waals surface area contributed by atoms with Gasteiger partial charge in [-0.25, -0.2) is 0 Å². The van der Waals surface area contributed by atoms with Crippen LogP contribution in [-0.2, 0) is 0 Å². The number of pyridine rings is 1. The zero-order valence-corrected chi connectivity index (χ0v) is 9.60. The minimum absolute atomic E-state index is 0.345. The molecule has 84 valence electrons. The van der Waals surface area contributed by atoms with E-state index in [1.54, 1.807) is 6.20 Å². The van der Waals surface area contributed by atoms with Crippen molar-refractivity contribution in [2.24, 2.45) is 0 Å². The maximum absolute atomic E-state index is 9.36. The summed E-state index contributed by atoms with van der Waals surface area (Å²) in [5, 5.41) is 9.36. The smallest absolute Gasteiger partial charge is 0.122 e. The highest BCUT2D eigenvalue weighted by Gasteiger charge is 2.04. The summed E-state index contributed by atoms with van der Waals surface area (Å²) in [6.07, 6.45) is 2.06. The van der Waals surface area contributed by atoms with Crippen LogP contribution in [0.5, 0.6) is 5.75 Å². The molecule has 0 aliphatic heterocycles.